The molecular formula is C18H32N6O2. The monoisotopic (exact) mass is 364 g/mol. The van der Waals surface area contributed by atoms with E-state index in [-0.39, 0.29) is 0 Å². The molecule has 1 aromatic rings. The van der Waals surface area contributed by atoms with Gasteiger partial charge in [0.2, 0.25) is 0 Å². The van der Waals surface area contributed by atoms with Gasteiger partial charge in [0.15, 0.2) is 5.96 Å². The second-order valence-corrected chi connectivity index (χ2v) is 6.70. The third kappa shape index (κ3) is 11.1. The first-order valence-electron chi connectivity index (χ1n) is 8.97. The van der Waals surface area contributed by atoms with Gasteiger partial charge in [0.05, 0.1) is 0 Å². The third-order valence-electron chi connectivity index (χ3n) is 3.18. The third-order valence-corrected chi connectivity index (χ3v) is 3.18. The fourth-order valence-electron chi connectivity index (χ4n) is 2.02. The van der Waals surface area contributed by atoms with Crippen molar-refractivity contribution >= 4 is 17.9 Å². The minimum Gasteiger partial charge on any atom is -0.444 e. The number of nitrogens with one attached hydrogen (secondary N) is 4. The average molecular weight is 364 g/mol. The van der Waals surface area contributed by atoms with E-state index >= 15 is 0 Å². The van der Waals surface area contributed by atoms with Crippen LogP contribution in [0.3, 0.4) is 0 Å². The Morgan fingerprint density at radius 3 is 2.42 bits per heavy atom. The van der Waals surface area contributed by atoms with Gasteiger partial charge in [0, 0.05) is 39.4 Å². The van der Waals surface area contributed by atoms with Gasteiger partial charge in [-0.2, -0.15) is 0 Å². The van der Waals surface area contributed by atoms with Crippen molar-refractivity contribution in [2.75, 3.05) is 38.5 Å². The van der Waals surface area contributed by atoms with Crippen LogP contribution in [0.4, 0.5) is 10.6 Å². The number of aromatic nitrogens is 1. The Kier molecular flexibility index (Phi) is 9.89. The largest absolute Gasteiger partial charge is 0.444 e. The molecule has 0 spiro atoms. The first-order valence-corrected chi connectivity index (χ1v) is 8.97. The number of alkyl carbamates (subject to hydrolysis) is 1. The van der Waals surface area contributed by atoms with E-state index in [1.807, 2.05) is 39.0 Å². The molecule has 0 aliphatic rings. The van der Waals surface area contributed by atoms with E-state index in [0.717, 1.165) is 31.7 Å². The van der Waals surface area contributed by atoms with Crippen LogP contribution in [-0.4, -0.2) is 55.9 Å². The Labute approximate surface area is 156 Å². The van der Waals surface area contributed by atoms with E-state index in [0.29, 0.717) is 19.0 Å². The van der Waals surface area contributed by atoms with Crippen molar-refractivity contribution in [3.8, 4) is 0 Å². The van der Waals surface area contributed by atoms with E-state index in [9.17, 15) is 4.79 Å². The number of amides is 1. The number of pyridine rings is 1. The van der Waals surface area contributed by atoms with E-state index in [1.54, 1.807) is 13.2 Å². The molecular weight excluding hydrogens is 332 g/mol. The lowest BCUT2D eigenvalue weighted by atomic mass is 10.2. The molecule has 1 amide bonds. The van der Waals surface area contributed by atoms with Crippen molar-refractivity contribution in [2.45, 2.75) is 39.2 Å². The fraction of sp³-hybridized carbons (Fsp3) is 0.611. The van der Waals surface area contributed by atoms with Crippen LogP contribution in [0.15, 0.2) is 29.4 Å². The number of anilines is 1. The average Bonchev–Trinajstić information content (AvgIpc) is 2.59. The van der Waals surface area contributed by atoms with Gasteiger partial charge in [-0.3, -0.25) is 4.99 Å². The second-order valence-electron chi connectivity index (χ2n) is 6.70. The molecule has 4 N–H and O–H groups in total. The molecule has 0 saturated heterocycles. The molecule has 1 heterocycles. The van der Waals surface area contributed by atoms with Crippen LogP contribution in [0.1, 0.15) is 33.6 Å². The molecule has 1 aromatic heterocycles. The molecule has 8 nitrogen and oxygen atoms in total. The summed E-state index contributed by atoms with van der Waals surface area (Å²) in [6, 6.07) is 5.82. The smallest absolute Gasteiger partial charge is 0.407 e. The van der Waals surface area contributed by atoms with Gasteiger partial charge in [-0.05, 0) is 45.7 Å². The number of hydrogen-bond acceptors (Lipinski definition) is 5. The molecule has 0 aliphatic heterocycles. The fourth-order valence-corrected chi connectivity index (χ4v) is 2.02. The molecule has 146 valence electrons. The van der Waals surface area contributed by atoms with E-state index in [2.05, 4.69) is 31.2 Å². The van der Waals surface area contributed by atoms with Crippen molar-refractivity contribution in [1.29, 1.82) is 0 Å². The van der Waals surface area contributed by atoms with Crippen LogP contribution in [0.25, 0.3) is 0 Å². The summed E-state index contributed by atoms with van der Waals surface area (Å²) in [5.74, 6) is 1.61. The van der Waals surface area contributed by atoms with E-state index in [1.165, 1.54) is 0 Å². The van der Waals surface area contributed by atoms with Gasteiger partial charge in [-0.15, -0.1) is 0 Å². The highest BCUT2D eigenvalue weighted by molar-refractivity contribution is 5.79. The Morgan fingerprint density at radius 1 is 1.08 bits per heavy atom. The SMILES string of the molecule is CN=C(NCCCCNc1ccccn1)NCCNC(=O)OC(C)(C)C. The van der Waals surface area contributed by atoms with Crippen LogP contribution in [0.5, 0.6) is 0 Å². The topological polar surface area (TPSA) is 99.7 Å². The molecule has 0 aliphatic carbocycles. The maximum atomic E-state index is 11.5. The van der Waals surface area contributed by atoms with E-state index in [4.69, 9.17) is 4.74 Å². The maximum absolute atomic E-state index is 11.5. The van der Waals surface area contributed by atoms with Crippen molar-refractivity contribution in [3.63, 3.8) is 0 Å². The summed E-state index contributed by atoms with van der Waals surface area (Å²) in [6.07, 6.45) is 3.40. The van der Waals surface area contributed by atoms with Crippen LogP contribution in [0, 0.1) is 0 Å². The van der Waals surface area contributed by atoms with Crippen molar-refractivity contribution in [3.05, 3.63) is 24.4 Å². The summed E-state index contributed by atoms with van der Waals surface area (Å²) in [6.45, 7) is 8.24. The molecule has 0 aromatic carbocycles. The van der Waals surface area contributed by atoms with Gasteiger partial charge in [0.1, 0.15) is 11.4 Å². The summed E-state index contributed by atoms with van der Waals surface area (Å²) in [5.41, 5.74) is -0.486. The van der Waals surface area contributed by atoms with Crippen LogP contribution < -0.4 is 21.3 Å². The molecule has 0 unspecified atom stereocenters. The quantitative estimate of drug-likeness (QED) is 0.304. The van der Waals surface area contributed by atoms with Crippen molar-refractivity contribution in [2.24, 2.45) is 4.99 Å². The van der Waals surface area contributed by atoms with Gasteiger partial charge >= 0.3 is 6.09 Å². The summed E-state index contributed by atoms with van der Waals surface area (Å²) < 4.78 is 5.17. The lowest BCUT2D eigenvalue weighted by Gasteiger charge is -2.19. The number of aliphatic imine (C=N–C) groups is 1. The number of rotatable bonds is 9. The number of ether oxygens (including phenoxy) is 1. The zero-order valence-corrected chi connectivity index (χ0v) is 16.3. The summed E-state index contributed by atoms with van der Waals surface area (Å²) in [4.78, 5) is 19.9. The predicted octanol–water partition coefficient (Wildman–Crippen LogP) is 1.96. The van der Waals surface area contributed by atoms with Crippen LogP contribution >= 0.6 is 0 Å². The molecule has 0 radical (unpaired) electrons. The number of carbonyl (C=O) groups excluding carboxylic acids is 1. The van der Waals surface area contributed by atoms with Crippen molar-refractivity contribution < 1.29 is 9.53 Å². The number of guanidine groups is 1. The molecule has 0 bridgehead atoms. The molecule has 26 heavy (non-hydrogen) atoms. The minimum absolute atomic E-state index is 0.414. The van der Waals surface area contributed by atoms with E-state index < -0.39 is 11.7 Å². The Hall–Kier alpha value is -2.51. The number of unbranched alkanes of at least 4 members (excludes halogenated alkanes) is 1. The number of carbonyl (C=O) groups is 1. The van der Waals surface area contributed by atoms with Gasteiger partial charge in [-0.25, -0.2) is 9.78 Å². The zero-order valence-electron chi connectivity index (χ0n) is 16.3. The number of hydrogen-bond donors (Lipinski definition) is 4. The second kappa shape index (κ2) is 11.9. The standard InChI is InChI=1S/C18H32N6O2/c1-18(2,3)26-17(25)24-14-13-23-16(19-4)22-12-8-7-11-21-15-9-5-6-10-20-15/h5-6,9-10H,7-8,11-14H2,1-4H3,(H,20,21)(H,24,25)(H2,19,22,23). The number of nitrogens with zero attached hydrogens (tertiary/aromatic N) is 2. The Morgan fingerprint density at radius 2 is 1.77 bits per heavy atom. The highest BCUT2D eigenvalue weighted by Crippen LogP contribution is 2.06. The summed E-state index contributed by atoms with van der Waals surface area (Å²) in [7, 11) is 1.72. The van der Waals surface area contributed by atoms with Crippen LogP contribution in [0.2, 0.25) is 0 Å². The normalized spacial score (nSPS) is 11.6. The van der Waals surface area contributed by atoms with Gasteiger partial charge < -0.3 is 26.0 Å². The van der Waals surface area contributed by atoms with Gasteiger partial charge in [-0.1, -0.05) is 6.07 Å². The molecule has 0 fully saturated rings. The van der Waals surface area contributed by atoms with Gasteiger partial charge in [0.25, 0.3) is 0 Å². The van der Waals surface area contributed by atoms with Crippen molar-refractivity contribution in [1.82, 2.24) is 20.9 Å². The molecule has 8 heteroatoms. The highest BCUT2D eigenvalue weighted by atomic mass is 16.6. The first kappa shape index (κ1) is 21.5. The Balaban J connectivity index is 2.04. The summed E-state index contributed by atoms with van der Waals surface area (Å²) >= 11 is 0. The maximum Gasteiger partial charge on any atom is 0.407 e. The molecule has 1 rings (SSSR count). The summed E-state index contributed by atoms with van der Waals surface area (Å²) in [5, 5.41) is 12.4. The van der Waals surface area contributed by atoms with Crippen LogP contribution in [-0.2, 0) is 4.74 Å². The minimum atomic E-state index is -0.486. The highest BCUT2D eigenvalue weighted by Gasteiger charge is 2.15. The first-order chi connectivity index (χ1) is 12.4. The zero-order chi connectivity index (χ0) is 19.3. The molecule has 0 saturated carbocycles. The molecule has 0 atom stereocenters. The lowest BCUT2D eigenvalue weighted by Crippen LogP contribution is -2.42. The predicted molar refractivity (Wildman–Crippen MR) is 106 cm³/mol. The lowest BCUT2D eigenvalue weighted by molar-refractivity contribution is 0.0529. The Bertz CT molecular complexity index is 542.